The molecule has 0 aliphatic heterocycles. The molecule has 7 heteroatoms. The molecule has 144 valence electrons. The Bertz CT molecular complexity index is 888. The molecule has 2 N–H and O–H groups in total. The Kier molecular flexibility index (Phi) is 6.13. The van der Waals surface area contributed by atoms with Crippen LogP contribution in [0.1, 0.15) is 41.6 Å². The van der Waals surface area contributed by atoms with E-state index in [1.54, 1.807) is 19.2 Å². The van der Waals surface area contributed by atoms with Crippen molar-refractivity contribution in [2.75, 3.05) is 7.11 Å². The molecular weight excluding hydrogens is 364 g/mol. The van der Waals surface area contributed by atoms with Crippen LogP contribution in [0.15, 0.2) is 53.4 Å². The summed E-state index contributed by atoms with van der Waals surface area (Å²) in [5.41, 5.74) is 1.24. The lowest BCUT2D eigenvalue weighted by Crippen LogP contribution is -2.32. The molecule has 0 heterocycles. The lowest BCUT2D eigenvalue weighted by Gasteiger charge is -2.13. The molecule has 1 fully saturated rings. The molecule has 2 aromatic rings. The normalized spacial score (nSPS) is 14.9. The van der Waals surface area contributed by atoms with Crippen LogP contribution in [0.4, 0.5) is 0 Å². The Balaban J connectivity index is 1.65. The maximum Gasteiger partial charge on any atom is 0.251 e. The molecule has 0 bridgehead atoms. The van der Waals surface area contributed by atoms with Crippen LogP contribution in [0.25, 0.3) is 0 Å². The standard InChI is InChI=1S/C20H24N2O4S/c1-26-18-11-9-15(10-12-18)14-21-20(23)16-5-4-8-19(13-16)27(24,25)22-17-6-2-3-7-17/h4-5,8-13,17,22H,2-3,6-7,14H2,1H3,(H,21,23). The van der Waals surface area contributed by atoms with E-state index in [4.69, 9.17) is 4.74 Å². The fourth-order valence-electron chi connectivity index (χ4n) is 3.16. The van der Waals surface area contributed by atoms with E-state index >= 15 is 0 Å². The second-order valence-corrected chi connectivity index (χ2v) is 8.38. The third kappa shape index (κ3) is 5.08. The van der Waals surface area contributed by atoms with Gasteiger partial charge in [-0.15, -0.1) is 0 Å². The zero-order valence-electron chi connectivity index (χ0n) is 15.3. The minimum absolute atomic E-state index is 0.0115. The third-order valence-corrected chi connectivity index (χ3v) is 6.21. The Morgan fingerprint density at radius 2 is 1.81 bits per heavy atom. The van der Waals surface area contributed by atoms with Crippen molar-refractivity contribution in [3.63, 3.8) is 0 Å². The second kappa shape index (κ2) is 8.54. The summed E-state index contributed by atoms with van der Waals surface area (Å²) in [6.07, 6.45) is 3.81. The highest BCUT2D eigenvalue weighted by atomic mass is 32.2. The van der Waals surface area contributed by atoms with Crippen LogP contribution in [-0.4, -0.2) is 27.5 Å². The van der Waals surface area contributed by atoms with E-state index in [2.05, 4.69) is 10.0 Å². The predicted octanol–water partition coefficient (Wildman–Crippen LogP) is 2.85. The van der Waals surface area contributed by atoms with Crippen molar-refractivity contribution in [3.8, 4) is 5.75 Å². The van der Waals surface area contributed by atoms with E-state index < -0.39 is 10.0 Å². The van der Waals surface area contributed by atoms with Crippen molar-refractivity contribution in [2.45, 2.75) is 43.2 Å². The molecule has 0 aromatic heterocycles. The van der Waals surface area contributed by atoms with Gasteiger partial charge in [0, 0.05) is 18.2 Å². The lowest BCUT2D eigenvalue weighted by atomic mass is 10.2. The van der Waals surface area contributed by atoms with Crippen molar-refractivity contribution < 1.29 is 17.9 Å². The van der Waals surface area contributed by atoms with Gasteiger partial charge in [-0.05, 0) is 48.7 Å². The second-order valence-electron chi connectivity index (χ2n) is 6.66. The summed E-state index contributed by atoms with van der Waals surface area (Å²) in [6.45, 7) is 0.347. The number of methoxy groups -OCH3 is 1. The van der Waals surface area contributed by atoms with Gasteiger partial charge in [-0.2, -0.15) is 0 Å². The fourth-order valence-corrected chi connectivity index (χ4v) is 4.51. The summed E-state index contributed by atoms with van der Waals surface area (Å²) in [5, 5.41) is 2.81. The van der Waals surface area contributed by atoms with Gasteiger partial charge in [0.2, 0.25) is 10.0 Å². The Morgan fingerprint density at radius 1 is 1.11 bits per heavy atom. The SMILES string of the molecule is COc1ccc(CNC(=O)c2cccc(S(=O)(=O)NC3CCCC3)c2)cc1. The number of carbonyl (C=O) groups is 1. The first-order valence-corrected chi connectivity index (χ1v) is 10.5. The maximum atomic E-state index is 12.5. The van der Waals surface area contributed by atoms with E-state index in [0.717, 1.165) is 37.0 Å². The average Bonchev–Trinajstić information content (AvgIpc) is 3.19. The first-order chi connectivity index (χ1) is 13.0. The number of carbonyl (C=O) groups excluding carboxylic acids is 1. The third-order valence-electron chi connectivity index (χ3n) is 4.70. The molecule has 0 unspecified atom stereocenters. The summed E-state index contributed by atoms with van der Waals surface area (Å²) in [6, 6.07) is 13.5. The summed E-state index contributed by atoms with van der Waals surface area (Å²) < 4.78 is 32.9. The van der Waals surface area contributed by atoms with Gasteiger partial charge in [0.25, 0.3) is 5.91 Å². The number of hydrogen-bond donors (Lipinski definition) is 2. The molecule has 1 aliphatic rings. The number of rotatable bonds is 7. The molecule has 3 rings (SSSR count). The zero-order valence-corrected chi connectivity index (χ0v) is 16.1. The van der Waals surface area contributed by atoms with Crippen LogP contribution in [0.5, 0.6) is 5.75 Å². The number of amides is 1. The number of benzene rings is 2. The van der Waals surface area contributed by atoms with Gasteiger partial charge < -0.3 is 10.1 Å². The minimum Gasteiger partial charge on any atom is -0.497 e. The molecule has 1 saturated carbocycles. The lowest BCUT2D eigenvalue weighted by molar-refractivity contribution is 0.0950. The quantitative estimate of drug-likeness (QED) is 0.764. The smallest absolute Gasteiger partial charge is 0.251 e. The number of nitrogens with one attached hydrogen (secondary N) is 2. The first-order valence-electron chi connectivity index (χ1n) is 9.01. The minimum atomic E-state index is -3.62. The zero-order chi connectivity index (χ0) is 19.3. The van der Waals surface area contributed by atoms with Crippen molar-refractivity contribution in [1.82, 2.24) is 10.0 Å². The Labute approximate surface area is 160 Å². The molecule has 0 atom stereocenters. The molecule has 0 spiro atoms. The van der Waals surface area contributed by atoms with Crippen molar-refractivity contribution >= 4 is 15.9 Å². The molecule has 6 nitrogen and oxygen atoms in total. The predicted molar refractivity (Wildman–Crippen MR) is 103 cm³/mol. The van der Waals surface area contributed by atoms with Gasteiger partial charge in [-0.3, -0.25) is 4.79 Å². The fraction of sp³-hybridized carbons (Fsp3) is 0.350. The number of hydrogen-bond acceptors (Lipinski definition) is 4. The van der Waals surface area contributed by atoms with Crippen LogP contribution < -0.4 is 14.8 Å². The number of ether oxygens (including phenoxy) is 1. The summed E-state index contributed by atoms with van der Waals surface area (Å²) in [7, 11) is -2.02. The molecule has 1 amide bonds. The van der Waals surface area contributed by atoms with Gasteiger partial charge >= 0.3 is 0 Å². The van der Waals surface area contributed by atoms with E-state index in [1.165, 1.54) is 12.1 Å². The van der Waals surface area contributed by atoms with Crippen LogP contribution in [0, 0.1) is 0 Å². The topological polar surface area (TPSA) is 84.5 Å². The molecule has 27 heavy (non-hydrogen) atoms. The molecule has 2 aromatic carbocycles. The average molecular weight is 388 g/mol. The van der Waals surface area contributed by atoms with E-state index in [9.17, 15) is 13.2 Å². The van der Waals surface area contributed by atoms with Crippen LogP contribution in [0.3, 0.4) is 0 Å². The van der Waals surface area contributed by atoms with Crippen LogP contribution in [0.2, 0.25) is 0 Å². The Morgan fingerprint density at radius 3 is 2.48 bits per heavy atom. The van der Waals surface area contributed by atoms with E-state index in [-0.39, 0.29) is 16.8 Å². The summed E-state index contributed by atoms with van der Waals surface area (Å²) in [5.74, 6) is 0.432. The summed E-state index contributed by atoms with van der Waals surface area (Å²) >= 11 is 0. The van der Waals surface area contributed by atoms with Gasteiger partial charge in [-0.1, -0.05) is 31.0 Å². The van der Waals surface area contributed by atoms with Gasteiger partial charge in [0.05, 0.1) is 12.0 Å². The highest BCUT2D eigenvalue weighted by molar-refractivity contribution is 7.89. The highest BCUT2D eigenvalue weighted by Gasteiger charge is 2.23. The van der Waals surface area contributed by atoms with Crippen molar-refractivity contribution in [3.05, 3.63) is 59.7 Å². The number of sulfonamides is 1. The largest absolute Gasteiger partial charge is 0.497 e. The Hall–Kier alpha value is -2.38. The maximum absolute atomic E-state index is 12.5. The van der Waals surface area contributed by atoms with Gasteiger partial charge in [-0.25, -0.2) is 13.1 Å². The molecular formula is C20H24N2O4S. The monoisotopic (exact) mass is 388 g/mol. The highest BCUT2D eigenvalue weighted by Crippen LogP contribution is 2.21. The summed E-state index contributed by atoms with van der Waals surface area (Å²) in [4.78, 5) is 12.5. The molecule has 1 aliphatic carbocycles. The van der Waals surface area contributed by atoms with Crippen molar-refractivity contribution in [2.24, 2.45) is 0 Å². The van der Waals surface area contributed by atoms with Gasteiger partial charge in [0.1, 0.15) is 5.75 Å². The van der Waals surface area contributed by atoms with Crippen molar-refractivity contribution in [1.29, 1.82) is 0 Å². The first kappa shape index (κ1) is 19.4. The molecule has 0 saturated heterocycles. The van der Waals surface area contributed by atoms with Crippen LogP contribution >= 0.6 is 0 Å². The van der Waals surface area contributed by atoms with E-state index in [1.807, 2.05) is 24.3 Å². The van der Waals surface area contributed by atoms with E-state index in [0.29, 0.717) is 12.1 Å². The van der Waals surface area contributed by atoms with Crippen LogP contribution in [-0.2, 0) is 16.6 Å². The van der Waals surface area contributed by atoms with Gasteiger partial charge in [0.15, 0.2) is 0 Å². The molecule has 0 radical (unpaired) electrons.